The van der Waals surface area contributed by atoms with Gasteiger partial charge >= 0.3 is 0 Å². The minimum atomic E-state index is -0.255. The number of benzene rings is 1. The number of nitrogens with two attached hydrogens (primary N) is 1. The van der Waals surface area contributed by atoms with E-state index in [2.05, 4.69) is 11.4 Å². The molecule has 98 valence electrons. The first-order valence-electron chi connectivity index (χ1n) is 6.55. The van der Waals surface area contributed by atoms with Crippen molar-refractivity contribution in [3.63, 3.8) is 0 Å². The highest BCUT2D eigenvalue weighted by molar-refractivity contribution is 5.95. The highest BCUT2D eigenvalue weighted by Gasteiger charge is 2.41. The third-order valence-electron chi connectivity index (χ3n) is 3.79. The zero-order chi connectivity index (χ0) is 13.3. The maximum atomic E-state index is 12.3. The van der Waals surface area contributed by atoms with Crippen LogP contribution < -0.4 is 11.1 Å². The monoisotopic (exact) mass is 246 g/mol. The summed E-state index contributed by atoms with van der Waals surface area (Å²) in [5, 5.41) is 3.11. The average Bonchev–Trinajstić information content (AvgIpc) is 3.11. The van der Waals surface area contributed by atoms with Crippen molar-refractivity contribution in [3.8, 4) is 0 Å². The van der Waals surface area contributed by atoms with E-state index < -0.39 is 0 Å². The second-order valence-corrected chi connectivity index (χ2v) is 5.73. The summed E-state index contributed by atoms with van der Waals surface area (Å²) in [5.41, 5.74) is 8.52. The Hall–Kier alpha value is -1.35. The molecule has 0 radical (unpaired) electrons. The summed E-state index contributed by atoms with van der Waals surface area (Å²) in [5.74, 6) is 0.527. The Balaban J connectivity index is 2.16. The van der Waals surface area contributed by atoms with Gasteiger partial charge in [-0.05, 0) is 51.7 Å². The zero-order valence-electron chi connectivity index (χ0n) is 11.4. The standard InChI is InChI=1S/C15H22N2O/c1-10-6-11(2)8-12(7-10)14(18)17-15(3,9-16)13-4-5-13/h6-8,13H,4-5,9,16H2,1-3H3,(H,17,18). The Morgan fingerprint density at radius 1 is 1.33 bits per heavy atom. The maximum Gasteiger partial charge on any atom is 0.251 e. The lowest BCUT2D eigenvalue weighted by Crippen LogP contribution is -2.53. The molecule has 1 aliphatic rings. The van der Waals surface area contributed by atoms with Crippen LogP contribution in [0.15, 0.2) is 18.2 Å². The fraction of sp³-hybridized carbons (Fsp3) is 0.533. The molecular formula is C15H22N2O. The second-order valence-electron chi connectivity index (χ2n) is 5.73. The van der Waals surface area contributed by atoms with E-state index >= 15 is 0 Å². The van der Waals surface area contributed by atoms with Crippen molar-refractivity contribution < 1.29 is 4.79 Å². The van der Waals surface area contributed by atoms with Crippen LogP contribution in [0.3, 0.4) is 0 Å². The summed E-state index contributed by atoms with van der Waals surface area (Å²) in [6.07, 6.45) is 2.33. The van der Waals surface area contributed by atoms with Crippen molar-refractivity contribution in [2.45, 2.75) is 39.2 Å². The van der Waals surface area contributed by atoms with Crippen molar-refractivity contribution in [1.82, 2.24) is 5.32 Å². The summed E-state index contributed by atoms with van der Waals surface area (Å²) < 4.78 is 0. The molecule has 1 amide bonds. The number of aryl methyl sites for hydroxylation is 2. The fourth-order valence-electron chi connectivity index (χ4n) is 2.48. The van der Waals surface area contributed by atoms with Crippen molar-refractivity contribution >= 4 is 5.91 Å². The van der Waals surface area contributed by atoms with Crippen LogP contribution in [-0.4, -0.2) is 18.0 Å². The highest BCUT2D eigenvalue weighted by atomic mass is 16.1. The third-order valence-corrected chi connectivity index (χ3v) is 3.79. The Morgan fingerprint density at radius 2 is 1.89 bits per heavy atom. The Kier molecular flexibility index (Phi) is 3.44. The number of amides is 1. The van der Waals surface area contributed by atoms with Crippen molar-refractivity contribution in [3.05, 3.63) is 34.9 Å². The van der Waals surface area contributed by atoms with Gasteiger partial charge in [-0.2, -0.15) is 0 Å². The first-order valence-corrected chi connectivity index (χ1v) is 6.55. The lowest BCUT2D eigenvalue weighted by Gasteiger charge is -2.29. The van der Waals surface area contributed by atoms with E-state index in [0.29, 0.717) is 12.5 Å². The van der Waals surface area contributed by atoms with Crippen molar-refractivity contribution in [2.75, 3.05) is 6.54 Å². The summed E-state index contributed by atoms with van der Waals surface area (Å²) in [4.78, 5) is 12.3. The van der Waals surface area contributed by atoms with E-state index in [1.54, 1.807) is 0 Å². The largest absolute Gasteiger partial charge is 0.345 e. The van der Waals surface area contributed by atoms with Gasteiger partial charge in [0.2, 0.25) is 0 Å². The van der Waals surface area contributed by atoms with Crippen LogP contribution in [0.25, 0.3) is 0 Å². The zero-order valence-corrected chi connectivity index (χ0v) is 11.4. The van der Waals surface area contributed by atoms with Gasteiger partial charge in [0.25, 0.3) is 5.91 Å². The topological polar surface area (TPSA) is 55.1 Å². The van der Waals surface area contributed by atoms with Crippen LogP contribution in [0.1, 0.15) is 41.3 Å². The Bertz CT molecular complexity index is 445. The number of carbonyl (C=O) groups is 1. The van der Waals surface area contributed by atoms with Gasteiger partial charge in [0.05, 0.1) is 5.54 Å². The Labute approximate surface area is 109 Å². The molecule has 0 spiro atoms. The summed E-state index contributed by atoms with van der Waals surface area (Å²) in [6.45, 7) is 6.55. The number of carbonyl (C=O) groups excluding carboxylic acids is 1. The van der Waals surface area contributed by atoms with Crippen LogP contribution in [0.5, 0.6) is 0 Å². The van der Waals surface area contributed by atoms with Crippen molar-refractivity contribution in [1.29, 1.82) is 0 Å². The molecule has 1 atom stereocenters. The SMILES string of the molecule is Cc1cc(C)cc(C(=O)NC(C)(CN)C2CC2)c1. The number of hydrogen-bond acceptors (Lipinski definition) is 2. The van der Waals surface area contributed by atoms with Crippen LogP contribution in [0.4, 0.5) is 0 Å². The predicted molar refractivity (Wildman–Crippen MR) is 73.6 cm³/mol. The molecule has 2 rings (SSSR count). The smallest absolute Gasteiger partial charge is 0.251 e. The van der Waals surface area contributed by atoms with Crippen LogP contribution in [0, 0.1) is 19.8 Å². The summed E-state index contributed by atoms with van der Waals surface area (Å²) in [6, 6.07) is 5.91. The van der Waals surface area contributed by atoms with Gasteiger partial charge in [0.15, 0.2) is 0 Å². The molecule has 0 aliphatic heterocycles. The molecule has 1 aliphatic carbocycles. The van der Waals surface area contributed by atoms with Gasteiger partial charge in [0.1, 0.15) is 0 Å². The van der Waals surface area contributed by atoms with Crippen molar-refractivity contribution in [2.24, 2.45) is 11.7 Å². The lowest BCUT2D eigenvalue weighted by atomic mass is 9.95. The van der Waals surface area contributed by atoms with E-state index in [1.807, 2.05) is 32.9 Å². The first-order chi connectivity index (χ1) is 8.44. The second kappa shape index (κ2) is 4.73. The minimum absolute atomic E-state index is 0.0124. The van der Waals surface area contributed by atoms with E-state index in [9.17, 15) is 4.79 Å². The average molecular weight is 246 g/mol. The molecule has 1 fully saturated rings. The molecular weight excluding hydrogens is 224 g/mol. The molecule has 0 saturated heterocycles. The van der Waals surface area contributed by atoms with Gasteiger partial charge in [-0.15, -0.1) is 0 Å². The quantitative estimate of drug-likeness (QED) is 0.855. The molecule has 1 saturated carbocycles. The van der Waals surface area contributed by atoms with E-state index in [4.69, 9.17) is 5.73 Å². The van der Waals surface area contributed by atoms with Gasteiger partial charge in [0, 0.05) is 12.1 Å². The molecule has 0 heterocycles. The number of nitrogens with one attached hydrogen (secondary N) is 1. The third kappa shape index (κ3) is 2.72. The molecule has 1 aromatic carbocycles. The summed E-state index contributed by atoms with van der Waals surface area (Å²) >= 11 is 0. The van der Waals surface area contributed by atoms with Gasteiger partial charge in [-0.25, -0.2) is 0 Å². The van der Waals surface area contributed by atoms with Crippen LogP contribution >= 0.6 is 0 Å². The van der Waals surface area contributed by atoms with E-state index in [0.717, 1.165) is 16.7 Å². The highest BCUT2D eigenvalue weighted by Crippen LogP contribution is 2.39. The van der Waals surface area contributed by atoms with Gasteiger partial charge < -0.3 is 11.1 Å². The minimum Gasteiger partial charge on any atom is -0.345 e. The predicted octanol–water partition coefficient (Wildman–Crippen LogP) is 2.16. The van der Waals surface area contributed by atoms with Gasteiger partial charge in [-0.3, -0.25) is 4.79 Å². The normalized spacial score (nSPS) is 18.2. The molecule has 3 N–H and O–H groups in total. The molecule has 1 aromatic rings. The van der Waals surface area contributed by atoms with E-state index in [-0.39, 0.29) is 11.4 Å². The molecule has 0 aromatic heterocycles. The molecule has 18 heavy (non-hydrogen) atoms. The summed E-state index contributed by atoms with van der Waals surface area (Å²) in [7, 11) is 0. The Morgan fingerprint density at radius 3 is 2.33 bits per heavy atom. The number of hydrogen-bond donors (Lipinski definition) is 2. The molecule has 0 bridgehead atoms. The molecule has 3 nitrogen and oxygen atoms in total. The van der Waals surface area contributed by atoms with Gasteiger partial charge in [-0.1, -0.05) is 17.2 Å². The molecule has 1 unspecified atom stereocenters. The van der Waals surface area contributed by atoms with Crippen LogP contribution in [0.2, 0.25) is 0 Å². The lowest BCUT2D eigenvalue weighted by molar-refractivity contribution is 0.0897. The van der Waals surface area contributed by atoms with E-state index in [1.165, 1.54) is 12.8 Å². The number of rotatable bonds is 4. The molecule has 3 heteroatoms. The maximum absolute atomic E-state index is 12.3. The van der Waals surface area contributed by atoms with Crippen LogP contribution in [-0.2, 0) is 0 Å². The first kappa shape index (κ1) is 13.1. The fourth-order valence-corrected chi connectivity index (χ4v) is 2.48.